The molecule has 1 fully saturated rings. The lowest BCUT2D eigenvalue weighted by atomic mass is 10.1. The van der Waals surface area contributed by atoms with Crippen LogP contribution in [0.3, 0.4) is 0 Å². The van der Waals surface area contributed by atoms with Gasteiger partial charge in [-0.1, -0.05) is 37.3 Å². The molecule has 1 aromatic carbocycles. The zero-order valence-corrected chi connectivity index (χ0v) is 10.3. The molecule has 1 aromatic rings. The smallest absolute Gasteiger partial charge is 0.00697 e. The predicted octanol–water partition coefficient (Wildman–Crippen LogP) is 3.40. The van der Waals surface area contributed by atoms with Crippen LogP contribution in [0.2, 0.25) is 0 Å². The van der Waals surface area contributed by atoms with Crippen LogP contribution in [-0.2, 0) is 6.42 Å². The molecule has 1 N–H and O–H groups in total. The lowest BCUT2D eigenvalue weighted by Gasteiger charge is -2.11. The Bertz CT molecular complexity index is 294. The van der Waals surface area contributed by atoms with Gasteiger partial charge < -0.3 is 5.32 Å². The van der Waals surface area contributed by atoms with Crippen LogP contribution < -0.4 is 5.32 Å². The van der Waals surface area contributed by atoms with E-state index in [1.807, 2.05) is 0 Å². The van der Waals surface area contributed by atoms with Crippen LogP contribution >= 0.6 is 0 Å². The number of aryl methyl sites for hydroxylation is 1. The molecule has 2 unspecified atom stereocenters. The zero-order valence-electron chi connectivity index (χ0n) is 10.3. The summed E-state index contributed by atoms with van der Waals surface area (Å²) in [4.78, 5) is 0. The van der Waals surface area contributed by atoms with Crippen molar-refractivity contribution in [1.82, 2.24) is 5.32 Å². The maximum atomic E-state index is 3.68. The minimum atomic E-state index is 0.797. The van der Waals surface area contributed by atoms with E-state index in [1.54, 1.807) is 0 Å². The van der Waals surface area contributed by atoms with Gasteiger partial charge in [0.05, 0.1) is 0 Å². The van der Waals surface area contributed by atoms with Crippen LogP contribution in [-0.4, -0.2) is 12.6 Å². The van der Waals surface area contributed by atoms with Gasteiger partial charge in [0.25, 0.3) is 0 Å². The summed E-state index contributed by atoms with van der Waals surface area (Å²) in [5, 5.41) is 3.68. The molecule has 0 radical (unpaired) electrons. The van der Waals surface area contributed by atoms with Crippen molar-refractivity contribution < 1.29 is 0 Å². The molecule has 0 aliphatic heterocycles. The third-order valence-electron chi connectivity index (χ3n) is 3.61. The third-order valence-corrected chi connectivity index (χ3v) is 3.61. The van der Waals surface area contributed by atoms with Crippen LogP contribution in [0.25, 0.3) is 0 Å². The van der Waals surface area contributed by atoms with Crippen molar-refractivity contribution in [3.63, 3.8) is 0 Å². The Morgan fingerprint density at radius 2 is 2.00 bits per heavy atom. The number of hydrogen-bond donors (Lipinski definition) is 1. The highest BCUT2D eigenvalue weighted by Gasteiger charge is 2.19. The summed E-state index contributed by atoms with van der Waals surface area (Å²) in [5.41, 5.74) is 1.46. The summed E-state index contributed by atoms with van der Waals surface area (Å²) >= 11 is 0. The van der Waals surface area contributed by atoms with Gasteiger partial charge in [0.15, 0.2) is 0 Å². The normalized spacial score (nSPS) is 24.8. The monoisotopic (exact) mass is 217 g/mol. The van der Waals surface area contributed by atoms with Gasteiger partial charge in [-0.25, -0.2) is 0 Å². The molecule has 1 nitrogen and oxygen atoms in total. The summed E-state index contributed by atoms with van der Waals surface area (Å²) in [6.07, 6.45) is 6.64. The van der Waals surface area contributed by atoms with Gasteiger partial charge >= 0.3 is 0 Å². The largest absolute Gasteiger partial charge is 0.314 e. The average Bonchev–Trinajstić information content (AvgIpc) is 2.72. The Morgan fingerprint density at radius 3 is 2.69 bits per heavy atom. The fraction of sp³-hybridized carbons (Fsp3) is 0.600. The maximum Gasteiger partial charge on any atom is 0.00697 e. The van der Waals surface area contributed by atoms with Crippen LogP contribution in [0.1, 0.15) is 38.2 Å². The summed E-state index contributed by atoms with van der Waals surface area (Å²) in [7, 11) is 0. The molecule has 0 saturated heterocycles. The van der Waals surface area contributed by atoms with E-state index in [9.17, 15) is 0 Å². The first-order chi connectivity index (χ1) is 7.84. The minimum Gasteiger partial charge on any atom is -0.314 e. The second kappa shape index (κ2) is 6.05. The summed E-state index contributed by atoms with van der Waals surface area (Å²) in [6.45, 7) is 3.54. The van der Waals surface area contributed by atoms with Crippen molar-refractivity contribution in [2.24, 2.45) is 5.92 Å². The molecule has 1 saturated carbocycles. The number of hydrogen-bond acceptors (Lipinski definition) is 1. The van der Waals surface area contributed by atoms with Crippen molar-refractivity contribution in [3.8, 4) is 0 Å². The van der Waals surface area contributed by atoms with Gasteiger partial charge in [0.2, 0.25) is 0 Å². The van der Waals surface area contributed by atoms with E-state index in [1.165, 1.54) is 44.2 Å². The van der Waals surface area contributed by atoms with Crippen molar-refractivity contribution in [3.05, 3.63) is 35.9 Å². The zero-order chi connectivity index (χ0) is 11.2. The molecule has 2 atom stereocenters. The first-order valence-corrected chi connectivity index (χ1v) is 6.62. The Balaban J connectivity index is 1.59. The minimum absolute atomic E-state index is 0.797. The van der Waals surface area contributed by atoms with Crippen molar-refractivity contribution in [1.29, 1.82) is 0 Å². The van der Waals surface area contributed by atoms with E-state index in [2.05, 4.69) is 42.6 Å². The van der Waals surface area contributed by atoms with Crippen LogP contribution in [0, 0.1) is 5.92 Å². The second-order valence-corrected chi connectivity index (χ2v) is 5.16. The fourth-order valence-electron chi connectivity index (χ4n) is 2.64. The molecule has 0 aromatic heterocycles. The molecule has 0 spiro atoms. The molecule has 1 heteroatoms. The summed E-state index contributed by atoms with van der Waals surface area (Å²) in [5.74, 6) is 0.937. The highest BCUT2D eigenvalue weighted by atomic mass is 14.9. The summed E-state index contributed by atoms with van der Waals surface area (Å²) < 4.78 is 0. The van der Waals surface area contributed by atoms with E-state index < -0.39 is 0 Å². The molecule has 0 heterocycles. The van der Waals surface area contributed by atoms with Crippen molar-refractivity contribution >= 4 is 0 Å². The molecule has 0 amide bonds. The summed E-state index contributed by atoms with van der Waals surface area (Å²) in [6, 6.07) is 11.6. The average molecular weight is 217 g/mol. The molecule has 1 aliphatic rings. The van der Waals surface area contributed by atoms with Gasteiger partial charge in [-0.15, -0.1) is 0 Å². The van der Waals surface area contributed by atoms with Crippen molar-refractivity contribution in [2.45, 2.75) is 45.1 Å². The van der Waals surface area contributed by atoms with Gasteiger partial charge in [0.1, 0.15) is 0 Å². The number of rotatable bonds is 5. The molecule has 0 bridgehead atoms. The Labute approximate surface area is 99.3 Å². The van der Waals surface area contributed by atoms with Crippen LogP contribution in [0.4, 0.5) is 0 Å². The van der Waals surface area contributed by atoms with Crippen LogP contribution in [0.5, 0.6) is 0 Å². The van der Waals surface area contributed by atoms with E-state index in [0.29, 0.717) is 0 Å². The molecule has 16 heavy (non-hydrogen) atoms. The molecule has 88 valence electrons. The maximum absolute atomic E-state index is 3.68. The van der Waals surface area contributed by atoms with E-state index >= 15 is 0 Å². The highest BCUT2D eigenvalue weighted by Crippen LogP contribution is 2.24. The lowest BCUT2D eigenvalue weighted by molar-refractivity contribution is 0.496. The second-order valence-electron chi connectivity index (χ2n) is 5.16. The fourth-order valence-corrected chi connectivity index (χ4v) is 2.64. The quantitative estimate of drug-likeness (QED) is 0.745. The predicted molar refractivity (Wildman–Crippen MR) is 69.6 cm³/mol. The van der Waals surface area contributed by atoms with Gasteiger partial charge in [-0.05, 0) is 50.1 Å². The van der Waals surface area contributed by atoms with Crippen molar-refractivity contribution in [2.75, 3.05) is 6.54 Å². The molecular weight excluding hydrogens is 194 g/mol. The molecular formula is C15H23N. The third kappa shape index (κ3) is 3.64. The number of benzene rings is 1. The first kappa shape index (κ1) is 11.7. The molecule has 2 rings (SSSR count). The van der Waals surface area contributed by atoms with Gasteiger partial charge in [-0.2, -0.15) is 0 Å². The Hall–Kier alpha value is -0.820. The number of nitrogens with one attached hydrogen (secondary N) is 1. The Kier molecular flexibility index (Phi) is 4.41. The van der Waals surface area contributed by atoms with E-state index in [4.69, 9.17) is 0 Å². The SMILES string of the molecule is CC1CCC(NCCCc2ccccc2)C1. The first-order valence-electron chi connectivity index (χ1n) is 6.62. The van der Waals surface area contributed by atoms with E-state index in [0.717, 1.165) is 12.0 Å². The van der Waals surface area contributed by atoms with Gasteiger partial charge in [0, 0.05) is 6.04 Å². The standard InChI is InChI=1S/C15H23N/c1-13-9-10-15(12-13)16-11-5-8-14-6-3-2-4-7-14/h2-4,6-7,13,15-16H,5,8-12H2,1H3. The highest BCUT2D eigenvalue weighted by molar-refractivity contribution is 5.14. The lowest BCUT2D eigenvalue weighted by Crippen LogP contribution is -2.27. The van der Waals surface area contributed by atoms with Crippen LogP contribution in [0.15, 0.2) is 30.3 Å². The topological polar surface area (TPSA) is 12.0 Å². The molecule has 1 aliphatic carbocycles. The van der Waals surface area contributed by atoms with Gasteiger partial charge in [-0.3, -0.25) is 0 Å². The Morgan fingerprint density at radius 1 is 1.19 bits per heavy atom. The van der Waals surface area contributed by atoms with E-state index in [-0.39, 0.29) is 0 Å².